The van der Waals surface area contributed by atoms with Gasteiger partial charge in [0, 0.05) is 0 Å². The second kappa shape index (κ2) is 8.44. The van der Waals surface area contributed by atoms with Crippen molar-refractivity contribution in [2.45, 2.75) is 29.6 Å². The van der Waals surface area contributed by atoms with Crippen LogP contribution in [-0.2, 0) is 0 Å². The maximum atomic E-state index is 4.78. The Balaban J connectivity index is 1.63. The van der Waals surface area contributed by atoms with Crippen LogP contribution >= 0.6 is 46.1 Å². The van der Waals surface area contributed by atoms with Gasteiger partial charge in [0.25, 0.3) is 0 Å². The van der Waals surface area contributed by atoms with Crippen molar-refractivity contribution >= 4 is 122 Å². The number of benzene rings is 2. The number of hydrogen-bond acceptors (Lipinski definition) is 8. The Morgan fingerprint density at radius 3 is 1.26 bits per heavy atom. The third-order valence-electron chi connectivity index (χ3n) is 6.09. The van der Waals surface area contributed by atoms with Crippen LogP contribution in [0.15, 0.2) is 36.4 Å². The van der Waals surface area contributed by atoms with Crippen LogP contribution in [0, 0.1) is 0 Å². The third-order valence-corrected chi connectivity index (χ3v) is 28.4. The number of rotatable bonds is 4. The summed E-state index contributed by atoms with van der Waals surface area (Å²) in [6.07, 6.45) is 0. The average molecular weight is 734 g/mol. The molecule has 4 heterocycles. The van der Waals surface area contributed by atoms with E-state index < -0.39 is 36.8 Å². The molecule has 0 bridgehead atoms. The van der Waals surface area contributed by atoms with E-state index in [2.05, 4.69) is 66.0 Å². The molecule has 6 rings (SSSR count). The SMILES string of the molecule is [CH3][Sn]([CH3])([CH3])[c]1ccc(-c2cc3c(cc(-c4cc[c]([Sn]([CH3])([CH3])[CH3])s4)c4nsnc43)c3nsnc23)s1. The summed E-state index contributed by atoms with van der Waals surface area (Å²) in [5.74, 6) is 0. The zero-order valence-electron chi connectivity index (χ0n) is 19.9. The minimum atomic E-state index is -2.13. The molecular formula is C24H24N4S4Sn2. The third kappa shape index (κ3) is 3.96. The first-order valence-corrected chi connectivity index (χ1v) is 34.2. The molecule has 4 nitrogen and oxygen atoms in total. The van der Waals surface area contributed by atoms with Crippen LogP contribution in [0.3, 0.4) is 0 Å². The first-order chi connectivity index (χ1) is 16.1. The van der Waals surface area contributed by atoms with Gasteiger partial charge in [-0.2, -0.15) is 0 Å². The molecule has 0 aliphatic rings. The standard InChI is InChI=1S/C18H6N4S4.6CH3.2Sn/c1-3-13(23-5-1)11-7-9-10(15-17(11)21-25-19-15)8-12(14-4-2-6-24-14)18-16(9)20-26-22-18;;;;;;;;/h1-4,7-8H;6*1H3;;. The molecule has 0 aliphatic carbocycles. The van der Waals surface area contributed by atoms with Crippen molar-refractivity contribution < 1.29 is 0 Å². The van der Waals surface area contributed by atoms with Gasteiger partial charge >= 0.3 is 226 Å². The molecule has 0 spiro atoms. The van der Waals surface area contributed by atoms with E-state index >= 15 is 0 Å². The van der Waals surface area contributed by atoms with Gasteiger partial charge in [0.2, 0.25) is 0 Å². The summed E-state index contributed by atoms with van der Waals surface area (Å²) in [4.78, 5) is 17.4. The molecule has 0 radical (unpaired) electrons. The topological polar surface area (TPSA) is 51.6 Å². The first kappa shape index (κ1) is 23.7. The van der Waals surface area contributed by atoms with Gasteiger partial charge in [-0.1, -0.05) is 0 Å². The Morgan fingerprint density at radius 1 is 0.529 bits per heavy atom. The molecule has 2 aromatic carbocycles. The quantitative estimate of drug-likeness (QED) is 0.177. The Labute approximate surface area is 223 Å². The van der Waals surface area contributed by atoms with Crippen LogP contribution in [0.2, 0.25) is 29.6 Å². The molecule has 0 N–H and O–H groups in total. The molecular weight excluding hydrogens is 710 g/mol. The number of fused-ring (bicyclic) bond motifs is 5. The first-order valence-electron chi connectivity index (χ1n) is 11.2. The van der Waals surface area contributed by atoms with Crippen molar-refractivity contribution in [1.29, 1.82) is 0 Å². The second-order valence-corrected chi connectivity index (χ2v) is 44.7. The van der Waals surface area contributed by atoms with E-state index in [9.17, 15) is 0 Å². The second-order valence-electron chi connectivity index (χ2n) is 10.7. The molecule has 0 amide bonds. The Morgan fingerprint density at radius 2 is 0.912 bits per heavy atom. The van der Waals surface area contributed by atoms with Crippen molar-refractivity contribution in [1.82, 2.24) is 17.5 Å². The van der Waals surface area contributed by atoms with Gasteiger partial charge in [0.1, 0.15) is 0 Å². The summed E-state index contributed by atoms with van der Waals surface area (Å²) in [6, 6.07) is 13.8. The predicted molar refractivity (Wildman–Crippen MR) is 158 cm³/mol. The van der Waals surface area contributed by atoms with E-state index in [-0.39, 0.29) is 0 Å². The van der Waals surface area contributed by atoms with E-state index in [4.69, 9.17) is 17.5 Å². The summed E-state index contributed by atoms with van der Waals surface area (Å²) in [7, 11) is 0. The van der Waals surface area contributed by atoms with Gasteiger partial charge in [-0.05, 0) is 0 Å². The van der Waals surface area contributed by atoms with Gasteiger partial charge in [-0.3, -0.25) is 0 Å². The zero-order chi connectivity index (χ0) is 23.8. The minimum absolute atomic E-state index is 0.981. The molecule has 4 aromatic heterocycles. The van der Waals surface area contributed by atoms with Crippen LogP contribution in [0.4, 0.5) is 0 Å². The van der Waals surface area contributed by atoms with Crippen molar-refractivity contribution in [3.63, 3.8) is 0 Å². The molecule has 172 valence electrons. The molecule has 0 saturated carbocycles. The number of nitrogens with zero attached hydrogens (tertiary/aromatic N) is 4. The van der Waals surface area contributed by atoms with Gasteiger partial charge in [0.05, 0.1) is 0 Å². The molecule has 0 fully saturated rings. The summed E-state index contributed by atoms with van der Waals surface area (Å²) in [5, 5.41) is 2.26. The molecule has 0 aliphatic heterocycles. The van der Waals surface area contributed by atoms with E-state index in [1.54, 1.807) is 5.79 Å². The van der Waals surface area contributed by atoms with E-state index in [1.165, 1.54) is 44.3 Å². The van der Waals surface area contributed by atoms with E-state index in [0.29, 0.717) is 0 Å². The summed E-state index contributed by atoms with van der Waals surface area (Å²) in [6.45, 7) is 0. The Hall–Kier alpha value is -0.663. The van der Waals surface area contributed by atoms with Gasteiger partial charge in [-0.25, -0.2) is 0 Å². The van der Waals surface area contributed by atoms with E-state index in [1.807, 2.05) is 22.7 Å². The molecule has 34 heavy (non-hydrogen) atoms. The molecule has 0 unspecified atom stereocenters. The van der Waals surface area contributed by atoms with Gasteiger partial charge < -0.3 is 0 Å². The van der Waals surface area contributed by atoms with Crippen molar-refractivity contribution in [3.8, 4) is 20.9 Å². The van der Waals surface area contributed by atoms with Crippen LogP contribution in [-0.4, -0.2) is 54.2 Å². The maximum absolute atomic E-state index is 4.78. The normalized spacial score (nSPS) is 13.0. The van der Waals surface area contributed by atoms with Crippen LogP contribution in [0.1, 0.15) is 0 Å². The molecule has 6 aromatic rings. The average Bonchev–Trinajstić information content (AvgIpc) is 3.57. The van der Waals surface area contributed by atoms with Crippen molar-refractivity contribution in [2.24, 2.45) is 0 Å². The number of aromatic nitrogens is 4. The number of thiophene rings is 2. The van der Waals surface area contributed by atoms with Crippen LogP contribution < -0.4 is 5.79 Å². The van der Waals surface area contributed by atoms with Crippen LogP contribution in [0.25, 0.3) is 53.7 Å². The molecule has 0 saturated heterocycles. The summed E-state index contributed by atoms with van der Waals surface area (Å²) >= 11 is 2.21. The monoisotopic (exact) mass is 736 g/mol. The van der Waals surface area contributed by atoms with Gasteiger partial charge in [0.15, 0.2) is 0 Å². The van der Waals surface area contributed by atoms with Crippen LogP contribution in [0.5, 0.6) is 0 Å². The summed E-state index contributed by atoms with van der Waals surface area (Å²) < 4.78 is 22.2. The van der Waals surface area contributed by atoms with E-state index in [0.717, 1.165) is 32.8 Å². The predicted octanol–water partition coefficient (Wildman–Crippen LogP) is 7.40. The van der Waals surface area contributed by atoms with Crippen molar-refractivity contribution in [2.75, 3.05) is 0 Å². The fraction of sp³-hybridized carbons (Fsp3) is 0.250. The number of hydrogen-bond donors (Lipinski definition) is 0. The fourth-order valence-corrected chi connectivity index (χ4v) is 18.0. The Bertz CT molecular complexity index is 1570. The van der Waals surface area contributed by atoms with Gasteiger partial charge in [-0.15, -0.1) is 0 Å². The summed E-state index contributed by atoms with van der Waals surface area (Å²) in [5.41, 5.74) is 6.31. The van der Waals surface area contributed by atoms with Crippen molar-refractivity contribution in [3.05, 3.63) is 36.4 Å². The molecule has 10 heteroatoms. The molecule has 0 atom stereocenters. The zero-order valence-corrected chi connectivity index (χ0v) is 28.9. The fourth-order valence-electron chi connectivity index (χ4n) is 4.20. The Kier molecular flexibility index (Phi) is 5.89.